The predicted molar refractivity (Wildman–Crippen MR) is 107 cm³/mol. The molecule has 0 saturated carbocycles. The normalized spacial score (nSPS) is 18.4. The first kappa shape index (κ1) is 17.9. The molecular formula is C21H22N4O4. The molecular weight excluding hydrogens is 372 g/mol. The summed E-state index contributed by atoms with van der Waals surface area (Å²) in [7, 11) is 0. The molecule has 8 heteroatoms. The fourth-order valence-electron chi connectivity index (χ4n) is 3.97. The maximum atomic E-state index is 13.1. The minimum absolute atomic E-state index is 0.0693. The minimum Gasteiger partial charge on any atom is -0.488 e. The summed E-state index contributed by atoms with van der Waals surface area (Å²) < 4.78 is 11.1. The number of hydrogen-bond acceptors (Lipinski definition) is 6. The molecule has 0 atom stereocenters. The zero-order valence-corrected chi connectivity index (χ0v) is 16.0. The largest absolute Gasteiger partial charge is 0.488 e. The van der Waals surface area contributed by atoms with Crippen LogP contribution in [0.1, 0.15) is 16.8 Å². The molecule has 1 aromatic carbocycles. The van der Waals surface area contributed by atoms with Gasteiger partial charge >= 0.3 is 0 Å². The van der Waals surface area contributed by atoms with E-state index in [0.717, 1.165) is 11.3 Å². The Balaban J connectivity index is 1.39. The number of benzene rings is 1. The molecule has 1 N–H and O–H groups in total. The maximum absolute atomic E-state index is 13.1. The van der Waals surface area contributed by atoms with Crippen molar-refractivity contribution in [1.29, 1.82) is 0 Å². The minimum atomic E-state index is -0.113. The van der Waals surface area contributed by atoms with Crippen LogP contribution in [0.4, 0.5) is 5.95 Å². The van der Waals surface area contributed by atoms with E-state index in [1.165, 1.54) is 0 Å². The topological polar surface area (TPSA) is 87.8 Å². The smallest absolute Gasteiger partial charge is 0.255 e. The Kier molecular flexibility index (Phi) is 4.55. The van der Waals surface area contributed by atoms with Crippen molar-refractivity contribution in [2.45, 2.75) is 13.0 Å². The van der Waals surface area contributed by atoms with E-state index in [9.17, 15) is 9.59 Å². The molecule has 3 aliphatic rings. The van der Waals surface area contributed by atoms with Gasteiger partial charge in [0.1, 0.15) is 12.4 Å². The highest BCUT2D eigenvalue weighted by molar-refractivity contribution is 5.99. The quantitative estimate of drug-likeness (QED) is 0.817. The van der Waals surface area contributed by atoms with Gasteiger partial charge in [-0.3, -0.25) is 14.6 Å². The Morgan fingerprint density at radius 3 is 2.83 bits per heavy atom. The Morgan fingerprint density at radius 2 is 1.97 bits per heavy atom. The van der Waals surface area contributed by atoms with E-state index in [2.05, 4.69) is 9.97 Å². The number of ether oxygens (including phenoxy) is 2. The summed E-state index contributed by atoms with van der Waals surface area (Å²) >= 11 is 0. The third-order valence-corrected chi connectivity index (χ3v) is 5.57. The Hall–Kier alpha value is -3.13. The van der Waals surface area contributed by atoms with Gasteiger partial charge in [-0.05, 0) is 18.6 Å². The van der Waals surface area contributed by atoms with Crippen molar-refractivity contribution < 1.29 is 14.3 Å². The second-order valence-corrected chi connectivity index (χ2v) is 7.39. The predicted octanol–water partition coefficient (Wildman–Crippen LogP) is 0.967. The summed E-state index contributed by atoms with van der Waals surface area (Å²) in [6.07, 6.45) is 2.39. The second-order valence-electron chi connectivity index (χ2n) is 7.39. The van der Waals surface area contributed by atoms with Crippen molar-refractivity contribution in [1.82, 2.24) is 14.9 Å². The fourth-order valence-corrected chi connectivity index (χ4v) is 3.97. The van der Waals surface area contributed by atoms with E-state index in [4.69, 9.17) is 9.47 Å². The van der Waals surface area contributed by atoms with Gasteiger partial charge in [0.05, 0.1) is 31.0 Å². The van der Waals surface area contributed by atoms with E-state index in [1.807, 2.05) is 35.2 Å². The van der Waals surface area contributed by atoms with Gasteiger partial charge in [-0.2, -0.15) is 0 Å². The van der Waals surface area contributed by atoms with Gasteiger partial charge in [0.25, 0.3) is 11.5 Å². The van der Waals surface area contributed by atoms with Gasteiger partial charge in [0.15, 0.2) is 0 Å². The molecule has 2 aromatic rings. The molecule has 8 nitrogen and oxygen atoms in total. The van der Waals surface area contributed by atoms with Gasteiger partial charge in [-0.25, -0.2) is 4.98 Å². The van der Waals surface area contributed by atoms with E-state index >= 15 is 0 Å². The molecule has 0 unspecified atom stereocenters. The number of aromatic nitrogens is 2. The Bertz CT molecular complexity index is 1040. The summed E-state index contributed by atoms with van der Waals surface area (Å²) in [6.45, 7) is 3.67. The number of hydrogen-bond donors (Lipinski definition) is 1. The van der Waals surface area contributed by atoms with Crippen molar-refractivity contribution >= 4 is 17.9 Å². The number of carbonyl (C=O) groups excluding carboxylic acids is 1. The van der Waals surface area contributed by atoms with Gasteiger partial charge in [0, 0.05) is 30.8 Å². The van der Waals surface area contributed by atoms with Crippen molar-refractivity contribution in [2.75, 3.05) is 44.4 Å². The number of nitrogens with zero attached hydrogens (tertiary/aromatic N) is 3. The Morgan fingerprint density at radius 1 is 1.14 bits per heavy atom. The van der Waals surface area contributed by atoms with Crippen LogP contribution in [-0.2, 0) is 22.5 Å². The monoisotopic (exact) mass is 394 g/mol. The average molecular weight is 394 g/mol. The maximum Gasteiger partial charge on any atom is 0.255 e. The van der Waals surface area contributed by atoms with E-state index in [0.29, 0.717) is 68.6 Å². The molecule has 0 radical (unpaired) electrons. The van der Waals surface area contributed by atoms with Crippen LogP contribution in [0.2, 0.25) is 0 Å². The SMILES string of the molecule is O=C(C1=Cc2ccccc2OC1)N1CCc2c(nc(N3CCOCC3)[nH]c2=O)C1. The zero-order valence-electron chi connectivity index (χ0n) is 16.0. The van der Waals surface area contributed by atoms with Crippen molar-refractivity contribution in [3.63, 3.8) is 0 Å². The van der Waals surface area contributed by atoms with Gasteiger partial charge < -0.3 is 19.3 Å². The zero-order chi connectivity index (χ0) is 19.8. The Labute approximate surface area is 167 Å². The number of H-pyrrole nitrogens is 1. The van der Waals surface area contributed by atoms with Gasteiger partial charge in [-0.15, -0.1) is 0 Å². The number of para-hydroxylation sites is 1. The summed E-state index contributed by atoms with van der Waals surface area (Å²) in [5.74, 6) is 1.28. The second kappa shape index (κ2) is 7.36. The highest BCUT2D eigenvalue weighted by Gasteiger charge is 2.28. The molecule has 0 aliphatic carbocycles. The van der Waals surface area contributed by atoms with Gasteiger partial charge in [-0.1, -0.05) is 18.2 Å². The molecule has 0 spiro atoms. The first-order valence-corrected chi connectivity index (χ1v) is 9.85. The number of anilines is 1. The van der Waals surface area contributed by atoms with Crippen LogP contribution in [0, 0.1) is 0 Å². The standard InChI is InChI=1S/C21H22N4O4/c26-19-16-5-6-25(12-17(16)22-21(23-19)24-7-9-28-10-8-24)20(27)15-11-14-3-1-2-4-18(14)29-13-15/h1-4,11H,5-10,12-13H2,(H,22,23,26). The molecule has 1 fully saturated rings. The third-order valence-electron chi connectivity index (χ3n) is 5.57. The fraction of sp³-hybridized carbons (Fsp3) is 0.381. The first-order valence-electron chi connectivity index (χ1n) is 9.85. The van der Waals surface area contributed by atoms with Crippen LogP contribution in [-0.4, -0.2) is 60.2 Å². The number of carbonyl (C=O) groups is 1. The summed E-state index contributed by atoms with van der Waals surface area (Å²) in [5.41, 5.74) is 2.75. The molecule has 5 rings (SSSR count). The molecule has 3 aliphatic heterocycles. The lowest BCUT2D eigenvalue weighted by Crippen LogP contribution is -2.42. The third kappa shape index (κ3) is 3.40. The molecule has 1 saturated heterocycles. The van der Waals surface area contributed by atoms with Crippen molar-refractivity contribution in [3.8, 4) is 5.75 Å². The number of amides is 1. The number of aromatic amines is 1. The molecule has 0 bridgehead atoms. The average Bonchev–Trinajstić information content (AvgIpc) is 2.78. The van der Waals surface area contributed by atoms with Crippen molar-refractivity contribution in [3.05, 3.63) is 57.0 Å². The van der Waals surface area contributed by atoms with E-state index in [-0.39, 0.29) is 18.1 Å². The van der Waals surface area contributed by atoms with Crippen LogP contribution >= 0.6 is 0 Å². The molecule has 29 heavy (non-hydrogen) atoms. The van der Waals surface area contributed by atoms with Crippen molar-refractivity contribution in [2.24, 2.45) is 0 Å². The lowest BCUT2D eigenvalue weighted by molar-refractivity contribution is -0.128. The number of nitrogens with one attached hydrogen (secondary N) is 1. The lowest BCUT2D eigenvalue weighted by Gasteiger charge is -2.31. The highest BCUT2D eigenvalue weighted by Crippen LogP contribution is 2.27. The number of fused-ring (bicyclic) bond motifs is 2. The molecule has 4 heterocycles. The lowest BCUT2D eigenvalue weighted by atomic mass is 10.0. The molecule has 1 amide bonds. The molecule has 150 valence electrons. The molecule has 1 aromatic heterocycles. The number of morpholine rings is 1. The van der Waals surface area contributed by atoms with E-state index < -0.39 is 0 Å². The van der Waals surface area contributed by atoms with Crippen LogP contribution in [0.15, 0.2) is 34.6 Å². The summed E-state index contributed by atoms with van der Waals surface area (Å²) in [6, 6.07) is 7.67. The van der Waals surface area contributed by atoms with Gasteiger partial charge in [0.2, 0.25) is 5.95 Å². The van der Waals surface area contributed by atoms with Crippen LogP contribution in [0.5, 0.6) is 5.75 Å². The van der Waals surface area contributed by atoms with E-state index in [1.54, 1.807) is 4.90 Å². The van der Waals surface area contributed by atoms with Crippen LogP contribution in [0.3, 0.4) is 0 Å². The van der Waals surface area contributed by atoms with Crippen LogP contribution < -0.4 is 15.2 Å². The first-order chi connectivity index (χ1) is 14.2. The highest BCUT2D eigenvalue weighted by atomic mass is 16.5. The van der Waals surface area contributed by atoms with Crippen LogP contribution in [0.25, 0.3) is 6.08 Å². The summed E-state index contributed by atoms with van der Waals surface area (Å²) in [4.78, 5) is 37.0. The number of rotatable bonds is 2. The summed E-state index contributed by atoms with van der Waals surface area (Å²) in [5, 5.41) is 0.